The van der Waals surface area contributed by atoms with E-state index in [0.29, 0.717) is 5.56 Å². The van der Waals surface area contributed by atoms with E-state index in [2.05, 4.69) is 4.74 Å². The molecule has 0 N–H and O–H groups in total. The molecular weight excluding hydrogens is 542 g/mol. The molecule has 3 rings (SSSR count). The number of alkyl halides is 3. The lowest BCUT2D eigenvalue weighted by Gasteiger charge is -2.22. The van der Waals surface area contributed by atoms with Crippen molar-refractivity contribution in [3.8, 4) is 29.2 Å². The molecule has 11 heteroatoms. The third kappa shape index (κ3) is 6.28. The van der Waals surface area contributed by atoms with Crippen LogP contribution in [0.3, 0.4) is 0 Å². The van der Waals surface area contributed by atoms with Crippen molar-refractivity contribution in [3.05, 3.63) is 106 Å². The summed E-state index contributed by atoms with van der Waals surface area (Å²) < 4.78 is 147. The fourth-order valence-corrected chi connectivity index (χ4v) is 3.58. The maximum absolute atomic E-state index is 15.0. The van der Waals surface area contributed by atoms with E-state index in [1.54, 1.807) is 6.92 Å². The molecule has 0 aliphatic carbocycles. The number of ether oxygens (including phenoxy) is 1. The lowest BCUT2D eigenvalue weighted by atomic mass is 9.97. The minimum absolute atomic E-state index is 0.00472. The zero-order chi connectivity index (χ0) is 29.2. The van der Waals surface area contributed by atoms with Crippen LogP contribution in [0.25, 0.3) is 16.7 Å². The summed E-state index contributed by atoms with van der Waals surface area (Å²) in [6.45, 7) is 2.49. The Bertz CT molecular complexity index is 1490. The predicted octanol–water partition coefficient (Wildman–Crippen LogP) is 8.77. The molecule has 1 atom stereocenters. The smallest absolute Gasteiger partial charge is 0.429 e. The van der Waals surface area contributed by atoms with Crippen LogP contribution in [0.5, 0.6) is 5.75 Å². The summed E-state index contributed by atoms with van der Waals surface area (Å²) in [7, 11) is 0. The number of allylic oxidation sites excluding steroid dienone is 3. The van der Waals surface area contributed by atoms with E-state index >= 15 is 0 Å². The van der Waals surface area contributed by atoms with Gasteiger partial charge in [-0.1, -0.05) is 18.1 Å². The van der Waals surface area contributed by atoms with Gasteiger partial charge in [0.05, 0.1) is 0 Å². The van der Waals surface area contributed by atoms with Gasteiger partial charge in [-0.05, 0) is 54.8 Å². The topological polar surface area (TPSA) is 9.23 Å². The second-order valence-corrected chi connectivity index (χ2v) is 8.24. The Morgan fingerprint density at radius 3 is 1.97 bits per heavy atom. The lowest BCUT2D eigenvalue weighted by molar-refractivity contribution is -0.148. The Kier molecular flexibility index (Phi) is 8.48. The highest BCUT2D eigenvalue weighted by Crippen LogP contribution is 2.37. The van der Waals surface area contributed by atoms with Crippen molar-refractivity contribution in [2.45, 2.75) is 26.1 Å². The molecule has 0 spiro atoms. The average molecular weight is 558 g/mol. The van der Waals surface area contributed by atoms with Crippen molar-refractivity contribution in [1.29, 1.82) is 0 Å². The molecule has 0 saturated carbocycles. The normalized spacial score (nSPS) is 13.6. The monoisotopic (exact) mass is 558 g/mol. The zero-order valence-electron chi connectivity index (χ0n) is 20.0. The van der Waals surface area contributed by atoms with Gasteiger partial charge in [0.25, 0.3) is 0 Å². The van der Waals surface area contributed by atoms with Gasteiger partial charge in [-0.25, -0.2) is 35.1 Å². The molecule has 0 heterocycles. The van der Waals surface area contributed by atoms with Crippen LogP contribution in [0, 0.1) is 54.2 Å². The molecule has 0 aliphatic heterocycles. The van der Waals surface area contributed by atoms with Gasteiger partial charge < -0.3 is 4.74 Å². The first-order valence-electron chi connectivity index (χ1n) is 10.8. The molecule has 0 saturated heterocycles. The fourth-order valence-electron chi connectivity index (χ4n) is 3.58. The first-order chi connectivity index (χ1) is 18.2. The quantitative estimate of drug-likeness (QED) is 0.122. The molecule has 0 bridgehead atoms. The maximum atomic E-state index is 15.0. The highest BCUT2D eigenvalue weighted by molar-refractivity contribution is 5.72. The van der Waals surface area contributed by atoms with Crippen LogP contribution in [-0.2, 0) is 0 Å². The number of hydrogen-bond donors (Lipinski definition) is 0. The number of halogens is 10. The average Bonchev–Trinajstić information content (AvgIpc) is 2.81. The Balaban J connectivity index is 2.07. The molecular formula is C28H16F10O. The minimum atomic E-state index is -5.01. The van der Waals surface area contributed by atoms with E-state index in [1.807, 2.05) is 0 Å². The van der Waals surface area contributed by atoms with Gasteiger partial charge in [-0.2, -0.15) is 8.78 Å². The first kappa shape index (κ1) is 29.4. The van der Waals surface area contributed by atoms with Crippen LogP contribution in [0.2, 0.25) is 0 Å². The van der Waals surface area contributed by atoms with Gasteiger partial charge in [-0.3, -0.25) is 0 Å². The van der Waals surface area contributed by atoms with Crippen molar-refractivity contribution >= 4 is 5.57 Å². The Hall–Kier alpha value is -4.20. The van der Waals surface area contributed by atoms with Crippen LogP contribution in [-0.4, -0.2) is 12.3 Å². The highest BCUT2D eigenvalue weighted by atomic mass is 19.3. The summed E-state index contributed by atoms with van der Waals surface area (Å²) in [6, 6.07) is 5.33. The van der Waals surface area contributed by atoms with Crippen LogP contribution in [0.4, 0.5) is 43.9 Å². The number of benzene rings is 3. The second-order valence-electron chi connectivity index (χ2n) is 8.24. The van der Waals surface area contributed by atoms with Crippen molar-refractivity contribution in [2.75, 3.05) is 0 Å². The Labute approximate surface area is 216 Å². The van der Waals surface area contributed by atoms with Crippen molar-refractivity contribution in [2.24, 2.45) is 0 Å². The Morgan fingerprint density at radius 2 is 1.46 bits per heavy atom. The van der Waals surface area contributed by atoms with E-state index in [4.69, 9.17) is 6.42 Å². The zero-order valence-corrected chi connectivity index (χ0v) is 20.0. The predicted molar refractivity (Wildman–Crippen MR) is 124 cm³/mol. The van der Waals surface area contributed by atoms with Gasteiger partial charge in [0.15, 0.2) is 23.6 Å². The van der Waals surface area contributed by atoms with E-state index in [0.717, 1.165) is 25.1 Å². The summed E-state index contributed by atoms with van der Waals surface area (Å²) in [4.78, 5) is 0. The van der Waals surface area contributed by atoms with Gasteiger partial charge in [0, 0.05) is 23.3 Å². The maximum Gasteiger partial charge on any atom is 0.429 e. The van der Waals surface area contributed by atoms with E-state index in [9.17, 15) is 43.9 Å². The third-order valence-electron chi connectivity index (χ3n) is 5.39. The number of hydrogen-bond acceptors (Lipinski definition) is 1. The molecule has 39 heavy (non-hydrogen) atoms. The van der Waals surface area contributed by atoms with Crippen LogP contribution in [0.15, 0.2) is 59.9 Å². The number of rotatable bonds is 7. The summed E-state index contributed by atoms with van der Waals surface area (Å²) in [5.74, 6) is -11.6. The van der Waals surface area contributed by atoms with E-state index < -0.39 is 75.5 Å². The number of terminal acetylenes is 1. The fraction of sp³-hybridized carbons (Fsp3) is 0.143. The SMILES string of the molecule is C#CC(F)/C(=C(F)\C=C(/C)c1c(F)cc(-c2ccc(C)cc2F)cc1F)C(F)(F)Oc1cc(F)c(F)c(F)c1. The van der Waals surface area contributed by atoms with Crippen molar-refractivity contribution in [3.63, 3.8) is 0 Å². The third-order valence-corrected chi connectivity index (χ3v) is 5.39. The molecule has 0 amide bonds. The minimum Gasteiger partial charge on any atom is -0.429 e. The van der Waals surface area contributed by atoms with E-state index in [1.165, 1.54) is 18.1 Å². The molecule has 3 aromatic carbocycles. The second kappa shape index (κ2) is 11.3. The van der Waals surface area contributed by atoms with Gasteiger partial charge >= 0.3 is 6.11 Å². The number of aryl methyl sites for hydroxylation is 1. The molecule has 0 aliphatic rings. The van der Waals surface area contributed by atoms with Gasteiger partial charge in [-0.15, -0.1) is 6.42 Å². The molecule has 0 fully saturated rings. The summed E-state index contributed by atoms with van der Waals surface area (Å²) in [5, 5.41) is 0. The largest absolute Gasteiger partial charge is 0.429 e. The van der Waals surface area contributed by atoms with Crippen LogP contribution < -0.4 is 4.74 Å². The molecule has 3 aromatic rings. The summed E-state index contributed by atoms with van der Waals surface area (Å²) in [6.07, 6.45) is -3.25. The van der Waals surface area contributed by atoms with Crippen LogP contribution in [0.1, 0.15) is 18.1 Å². The lowest BCUT2D eigenvalue weighted by Crippen LogP contribution is -2.33. The summed E-state index contributed by atoms with van der Waals surface area (Å²) >= 11 is 0. The van der Waals surface area contributed by atoms with Gasteiger partial charge in [0.2, 0.25) is 0 Å². The van der Waals surface area contributed by atoms with Gasteiger partial charge in [0.1, 0.15) is 34.6 Å². The molecule has 1 nitrogen and oxygen atoms in total. The molecule has 0 aromatic heterocycles. The molecule has 0 radical (unpaired) electrons. The molecule has 204 valence electrons. The standard InChI is InChI=1S/C28H16F10O/c1-4-18(29)26(28(37,38)39-16-11-23(34)27(36)24(35)12-16)22(33)8-14(3)25-20(31)9-15(10-21(25)32)17-6-5-13(2)7-19(17)30/h1,5-12,18H,2-3H3/b14-8+,26-22-. The summed E-state index contributed by atoms with van der Waals surface area (Å²) in [5.41, 5.74) is -3.57. The van der Waals surface area contributed by atoms with E-state index in [-0.39, 0.29) is 29.3 Å². The van der Waals surface area contributed by atoms with Crippen molar-refractivity contribution < 1.29 is 48.6 Å². The highest BCUT2D eigenvalue weighted by Gasteiger charge is 2.44. The Morgan fingerprint density at radius 1 is 0.897 bits per heavy atom. The van der Waals surface area contributed by atoms with Crippen molar-refractivity contribution in [1.82, 2.24) is 0 Å². The molecule has 1 unspecified atom stereocenters. The van der Waals surface area contributed by atoms with Crippen LogP contribution >= 0.6 is 0 Å². The first-order valence-corrected chi connectivity index (χ1v) is 10.8.